The number of aromatic nitrogens is 1. The quantitative estimate of drug-likeness (QED) is 0.817. The zero-order valence-corrected chi connectivity index (χ0v) is 9.52. The van der Waals surface area contributed by atoms with E-state index in [-0.39, 0.29) is 5.69 Å². The van der Waals surface area contributed by atoms with E-state index in [4.69, 9.17) is 5.73 Å². The molecule has 0 radical (unpaired) electrons. The van der Waals surface area contributed by atoms with Crippen LogP contribution >= 0.6 is 22.7 Å². The minimum atomic E-state index is -0.494. The number of hydrogen-bond acceptors (Lipinski definition) is 6. The maximum absolute atomic E-state index is 11.3. The van der Waals surface area contributed by atoms with Gasteiger partial charge in [0.05, 0.1) is 12.0 Å². The Balaban J connectivity index is 2.41. The van der Waals surface area contributed by atoms with E-state index in [0.29, 0.717) is 5.00 Å². The van der Waals surface area contributed by atoms with Crippen molar-refractivity contribution < 1.29 is 9.53 Å². The lowest BCUT2D eigenvalue weighted by atomic mass is 10.4. The van der Waals surface area contributed by atoms with Crippen molar-refractivity contribution in [1.82, 2.24) is 4.98 Å². The van der Waals surface area contributed by atoms with Crippen LogP contribution in [0.1, 0.15) is 10.5 Å². The summed E-state index contributed by atoms with van der Waals surface area (Å²) in [6.45, 7) is 0. The molecular weight excluding hydrogens is 232 g/mol. The van der Waals surface area contributed by atoms with Crippen molar-refractivity contribution in [2.75, 3.05) is 12.8 Å². The Morgan fingerprint density at radius 1 is 1.60 bits per heavy atom. The number of ether oxygens (including phenoxy) is 1. The number of carbonyl (C=O) groups excluding carboxylic acids is 1. The van der Waals surface area contributed by atoms with Crippen LogP contribution < -0.4 is 5.73 Å². The first-order valence-corrected chi connectivity index (χ1v) is 5.80. The van der Waals surface area contributed by atoms with E-state index in [0.717, 1.165) is 9.88 Å². The highest BCUT2D eigenvalue weighted by Crippen LogP contribution is 2.32. The molecule has 2 heterocycles. The van der Waals surface area contributed by atoms with Gasteiger partial charge in [-0.2, -0.15) is 0 Å². The molecule has 4 nitrogen and oxygen atoms in total. The van der Waals surface area contributed by atoms with Crippen LogP contribution in [0.3, 0.4) is 0 Å². The number of thiazole rings is 1. The molecule has 2 rings (SSSR count). The zero-order valence-electron chi connectivity index (χ0n) is 7.89. The highest BCUT2D eigenvalue weighted by Gasteiger charge is 2.17. The van der Waals surface area contributed by atoms with E-state index in [1.54, 1.807) is 11.3 Å². The molecule has 0 atom stereocenters. The van der Waals surface area contributed by atoms with E-state index in [9.17, 15) is 4.79 Å². The Kier molecular flexibility index (Phi) is 2.70. The average molecular weight is 240 g/mol. The predicted octanol–water partition coefficient (Wildman–Crippen LogP) is 2.24. The molecule has 78 valence electrons. The van der Waals surface area contributed by atoms with Crippen LogP contribution in [-0.4, -0.2) is 18.1 Å². The predicted molar refractivity (Wildman–Crippen MR) is 61.2 cm³/mol. The van der Waals surface area contributed by atoms with Crippen LogP contribution in [0, 0.1) is 0 Å². The molecule has 0 saturated carbocycles. The third kappa shape index (κ3) is 1.86. The summed E-state index contributed by atoms with van der Waals surface area (Å²) in [4.78, 5) is 16.4. The fourth-order valence-corrected chi connectivity index (χ4v) is 2.70. The van der Waals surface area contributed by atoms with Crippen LogP contribution in [-0.2, 0) is 4.74 Å². The number of rotatable bonds is 2. The van der Waals surface area contributed by atoms with Crippen molar-refractivity contribution >= 4 is 33.6 Å². The van der Waals surface area contributed by atoms with Crippen molar-refractivity contribution in [3.8, 4) is 9.88 Å². The van der Waals surface area contributed by atoms with E-state index < -0.39 is 5.97 Å². The normalized spacial score (nSPS) is 10.2. The van der Waals surface area contributed by atoms with Crippen LogP contribution in [0.25, 0.3) is 9.88 Å². The molecule has 0 aliphatic rings. The third-order valence-electron chi connectivity index (χ3n) is 1.76. The van der Waals surface area contributed by atoms with Gasteiger partial charge in [0.1, 0.15) is 10.0 Å². The first kappa shape index (κ1) is 10.1. The molecule has 0 fully saturated rings. The van der Waals surface area contributed by atoms with Gasteiger partial charge in [0, 0.05) is 0 Å². The molecule has 0 unspecified atom stereocenters. The summed E-state index contributed by atoms with van der Waals surface area (Å²) >= 11 is 2.85. The maximum atomic E-state index is 11.3. The van der Waals surface area contributed by atoms with E-state index in [1.807, 2.05) is 17.5 Å². The molecule has 0 aromatic carbocycles. The van der Waals surface area contributed by atoms with Crippen LogP contribution in [0.4, 0.5) is 5.00 Å². The molecule has 2 aromatic rings. The smallest absolute Gasteiger partial charge is 0.359 e. The van der Waals surface area contributed by atoms with Gasteiger partial charge < -0.3 is 10.5 Å². The summed E-state index contributed by atoms with van der Waals surface area (Å²) in [7, 11) is 1.31. The van der Waals surface area contributed by atoms with Gasteiger partial charge in [-0.05, 0) is 11.4 Å². The van der Waals surface area contributed by atoms with Crippen molar-refractivity contribution in [3.05, 3.63) is 23.2 Å². The largest absolute Gasteiger partial charge is 0.464 e. The maximum Gasteiger partial charge on any atom is 0.359 e. The number of carbonyl (C=O) groups is 1. The van der Waals surface area contributed by atoms with Gasteiger partial charge in [0.2, 0.25) is 0 Å². The van der Waals surface area contributed by atoms with Crippen molar-refractivity contribution in [3.63, 3.8) is 0 Å². The first-order valence-electron chi connectivity index (χ1n) is 4.11. The lowest BCUT2D eigenvalue weighted by Gasteiger charge is -1.93. The first-order chi connectivity index (χ1) is 7.22. The number of esters is 1. The summed E-state index contributed by atoms with van der Waals surface area (Å²) in [5.41, 5.74) is 5.88. The Morgan fingerprint density at radius 3 is 3.00 bits per heavy atom. The molecular formula is C9H8N2O2S2. The van der Waals surface area contributed by atoms with Crippen molar-refractivity contribution in [2.45, 2.75) is 0 Å². The number of nitrogens with two attached hydrogens (primary N) is 1. The van der Waals surface area contributed by atoms with E-state index in [2.05, 4.69) is 9.72 Å². The second-order valence-corrected chi connectivity index (χ2v) is 4.68. The second kappa shape index (κ2) is 4.00. The fraction of sp³-hybridized carbons (Fsp3) is 0.111. The van der Waals surface area contributed by atoms with Gasteiger partial charge >= 0.3 is 5.97 Å². The highest BCUT2D eigenvalue weighted by molar-refractivity contribution is 7.23. The van der Waals surface area contributed by atoms with Crippen LogP contribution in [0.5, 0.6) is 0 Å². The average Bonchev–Trinajstić information content (AvgIpc) is 2.84. The van der Waals surface area contributed by atoms with Gasteiger partial charge in [0.15, 0.2) is 5.69 Å². The lowest BCUT2D eigenvalue weighted by Crippen LogP contribution is -2.04. The van der Waals surface area contributed by atoms with Crippen molar-refractivity contribution in [1.29, 1.82) is 0 Å². The Hall–Kier alpha value is -1.40. The molecule has 15 heavy (non-hydrogen) atoms. The number of thiophene rings is 1. The summed E-state index contributed by atoms with van der Waals surface area (Å²) in [5.74, 6) is -0.494. The molecule has 0 aliphatic heterocycles. The molecule has 0 bridgehead atoms. The van der Waals surface area contributed by atoms with E-state index >= 15 is 0 Å². The lowest BCUT2D eigenvalue weighted by molar-refractivity contribution is 0.0596. The van der Waals surface area contributed by atoms with Crippen LogP contribution in [0.15, 0.2) is 17.5 Å². The molecule has 6 heteroatoms. The number of hydrogen-bond donors (Lipinski definition) is 1. The van der Waals surface area contributed by atoms with E-state index in [1.165, 1.54) is 18.4 Å². The molecule has 0 amide bonds. The topological polar surface area (TPSA) is 65.2 Å². The van der Waals surface area contributed by atoms with Gasteiger partial charge in [0.25, 0.3) is 0 Å². The zero-order chi connectivity index (χ0) is 10.8. The molecule has 0 saturated heterocycles. The molecule has 2 aromatic heterocycles. The second-order valence-electron chi connectivity index (χ2n) is 2.70. The number of nitrogen functional groups attached to an aromatic ring is 1. The van der Waals surface area contributed by atoms with Gasteiger partial charge in [-0.15, -0.1) is 11.3 Å². The molecule has 0 spiro atoms. The standard InChI is InChI=1S/C9H8N2O2S2/c1-13-9(12)6-7(10)15-8(11-6)5-3-2-4-14-5/h2-4H,10H2,1H3. The number of nitrogens with zero attached hydrogens (tertiary/aromatic N) is 1. The van der Waals surface area contributed by atoms with Crippen LogP contribution in [0.2, 0.25) is 0 Å². The summed E-state index contributed by atoms with van der Waals surface area (Å²) < 4.78 is 4.58. The summed E-state index contributed by atoms with van der Waals surface area (Å²) in [6.07, 6.45) is 0. The number of anilines is 1. The summed E-state index contributed by atoms with van der Waals surface area (Å²) in [6, 6.07) is 3.86. The third-order valence-corrected chi connectivity index (χ3v) is 3.69. The molecule has 0 aliphatic carbocycles. The minimum Gasteiger partial charge on any atom is -0.464 e. The molecule has 2 N–H and O–H groups in total. The Bertz CT molecular complexity index is 476. The monoisotopic (exact) mass is 240 g/mol. The minimum absolute atomic E-state index is 0.200. The van der Waals surface area contributed by atoms with Crippen molar-refractivity contribution in [2.24, 2.45) is 0 Å². The van der Waals surface area contributed by atoms with Gasteiger partial charge in [-0.1, -0.05) is 17.4 Å². The van der Waals surface area contributed by atoms with Gasteiger partial charge in [-0.25, -0.2) is 9.78 Å². The number of methoxy groups -OCH3 is 1. The Labute approximate surface area is 94.3 Å². The van der Waals surface area contributed by atoms with Gasteiger partial charge in [-0.3, -0.25) is 0 Å². The SMILES string of the molecule is COC(=O)c1nc(-c2cccs2)sc1N. The Morgan fingerprint density at radius 2 is 2.40 bits per heavy atom. The summed E-state index contributed by atoms with van der Waals surface area (Å²) in [5, 5.41) is 3.10. The highest BCUT2D eigenvalue weighted by atomic mass is 32.1. The fourth-order valence-electron chi connectivity index (χ4n) is 1.08.